The molecule has 1 aromatic heterocycles. The van der Waals surface area contributed by atoms with Crippen molar-refractivity contribution in [3.8, 4) is 11.4 Å². The van der Waals surface area contributed by atoms with E-state index in [-0.39, 0.29) is 5.82 Å². The molecule has 0 atom stereocenters. The largest absolute Gasteiger partial charge is 0.370 e. The minimum absolute atomic E-state index is 0.162. The Hall–Kier alpha value is -2.95. The number of rotatable bonds is 6. The lowest BCUT2D eigenvalue weighted by Gasteiger charge is -2.18. The molecule has 1 fully saturated rings. The number of nitrogens with one attached hydrogen (secondary N) is 1. The number of aromatic nitrogens is 2. The molecule has 0 spiro atoms. The summed E-state index contributed by atoms with van der Waals surface area (Å²) in [6.45, 7) is 2.67. The van der Waals surface area contributed by atoms with Gasteiger partial charge in [0.05, 0.1) is 0 Å². The van der Waals surface area contributed by atoms with Crippen molar-refractivity contribution in [3.05, 3.63) is 72.0 Å². The highest BCUT2D eigenvalue weighted by atomic mass is 19.1. The third-order valence-electron chi connectivity index (χ3n) is 4.83. The second-order valence-corrected chi connectivity index (χ2v) is 6.76. The third kappa shape index (κ3) is 4.25. The molecule has 1 aliphatic heterocycles. The van der Waals surface area contributed by atoms with E-state index < -0.39 is 0 Å². The lowest BCUT2D eigenvalue weighted by atomic mass is 10.1. The van der Waals surface area contributed by atoms with Crippen LogP contribution in [0.15, 0.2) is 60.7 Å². The van der Waals surface area contributed by atoms with Gasteiger partial charge in [-0.05, 0) is 30.9 Å². The number of hydrogen-bond donors (Lipinski definition) is 1. The summed E-state index contributed by atoms with van der Waals surface area (Å²) in [6.07, 6.45) is 3.00. The average Bonchev–Trinajstić information content (AvgIpc) is 3.25. The molecule has 0 saturated carbocycles. The highest BCUT2D eigenvalue weighted by Crippen LogP contribution is 2.25. The Balaban J connectivity index is 1.55. The first-order chi connectivity index (χ1) is 13.3. The van der Waals surface area contributed by atoms with Gasteiger partial charge >= 0.3 is 0 Å². The van der Waals surface area contributed by atoms with E-state index in [1.165, 1.54) is 18.9 Å². The highest BCUT2D eigenvalue weighted by molar-refractivity contribution is 5.62. The van der Waals surface area contributed by atoms with Gasteiger partial charge < -0.3 is 10.2 Å². The summed E-state index contributed by atoms with van der Waals surface area (Å²) in [5.74, 6) is 2.29. The molecular formula is C22H23FN4. The summed E-state index contributed by atoms with van der Waals surface area (Å²) in [5, 5.41) is 3.35. The van der Waals surface area contributed by atoms with Gasteiger partial charge in [0.1, 0.15) is 17.5 Å². The number of hydrogen-bond acceptors (Lipinski definition) is 4. The van der Waals surface area contributed by atoms with Gasteiger partial charge in [0.2, 0.25) is 0 Å². The fourth-order valence-corrected chi connectivity index (χ4v) is 3.38. The van der Waals surface area contributed by atoms with Gasteiger partial charge in [-0.25, -0.2) is 14.4 Å². The molecule has 2 aromatic carbocycles. The lowest BCUT2D eigenvalue weighted by molar-refractivity contribution is 0.610. The molecule has 5 heteroatoms. The van der Waals surface area contributed by atoms with Crippen LogP contribution in [0.4, 0.5) is 16.0 Å². The minimum atomic E-state index is -0.162. The van der Waals surface area contributed by atoms with Crippen LogP contribution in [-0.2, 0) is 6.42 Å². The molecule has 2 heterocycles. The van der Waals surface area contributed by atoms with Gasteiger partial charge in [0, 0.05) is 31.3 Å². The van der Waals surface area contributed by atoms with E-state index in [9.17, 15) is 4.39 Å². The first kappa shape index (κ1) is 17.5. The van der Waals surface area contributed by atoms with Crippen LogP contribution in [0.5, 0.6) is 0 Å². The summed E-state index contributed by atoms with van der Waals surface area (Å²) in [5.41, 5.74) is 1.71. The maximum Gasteiger partial charge on any atom is 0.163 e. The van der Waals surface area contributed by atoms with Crippen molar-refractivity contribution in [1.82, 2.24) is 9.97 Å². The minimum Gasteiger partial charge on any atom is -0.370 e. The van der Waals surface area contributed by atoms with E-state index >= 15 is 0 Å². The molecule has 138 valence electrons. The van der Waals surface area contributed by atoms with Gasteiger partial charge in [-0.2, -0.15) is 0 Å². The molecule has 27 heavy (non-hydrogen) atoms. The molecule has 3 aromatic rings. The highest BCUT2D eigenvalue weighted by Gasteiger charge is 2.16. The molecule has 4 rings (SSSR count). The zero-order chi connectivity index (χ0) is 18.5. The van der Waals surface area contributed by atoms with Crippen LogP contribution in [0.3, 0.4) is 0 Å². The Kier molecular flexibility index (Phi) is 5.28. The van der Waals surface area contributed by atoms with Crippen LogP contribution in [0.2, 0.25) is 0 Å². The maximum absolute atomic E-state index is 13.8. The molecule has 0 amide bonds. The zero-order valence-electron chi connectivity index (χ0n) is 15.2. The second kappa shape index (κ2) is 8.16. The zero-order valence-corrected chi connectivity index (χ0v) is 15.2. The van der Waals surface area contributed by atoms with E-state index in [1.807, 2.05) is 48.5 Å². The van der Waals surface area contributed by atoms with Crippen molar-refractivity contribution in [1.29, 1.82) is 0 Å². The SMILES string of the molecule is Fc1ccccc1CCNc1cc(N2CCCC2)nc(-c2ccccc2)n1. The van der Waals surface area contributed by atoms with Crippen molar-refractivity contribution in [2.24, 2.45) is 0 Å². The van der Waals surface area contributed by atoms with Crippen molar-refractivity contribution >= 4 is 11.6 Å². The van der Waals surface area contributed by atoms with E-state index in [0.29, 0.717) is 24.4 Å². The van der Waals surface area contributed by atoms with Crippen molar-refractivity contribution < 1.29 is 4.39 Å². The average molecular weight is 362 g/mol. The Morgan fingerprint density at radius 1 is 0.926 bits per heavy atom. The molecule has 1 aliphatic rings. The van der Waals surface area contributed by atoms with Gasteiger partial charge in [-0.3, -0.25) is 0 Å². The molecular weight excluding hydrogens is 339 g/mol. The van der Waals surface area contributed by atoms with E-state index in [4.69, 9.17) is 4.98 Å². The lowest BCUT2D eigenvalue weighted by Crippen LogP contribution is -2.20. The molecule has 1 N–H and O–H groups in total. The number of nitrogens with zero attached hydrogens (tertiary/aromatic N) is 3. The molecule has 1 saturated heterocycles. The number of benzene rings is 2. The van der Waals surface area contributed by atoms with Gasteiger partial charge in [-0.15, -0.1) is 0 Å². The first-order valence-electron chi connectivity index (χ1n) is 9.46. The topological polar surface area (TPSA) is 41.0 Å². The molecule has 4 nitrogen and oxygen atoms in total. The van der Waals surface area contributed by atoms with Crippen LogP contribution >= 0.6 is 0 Å². The summed E-state index contributed by atoms with van der Waals surface area (Å²) in [6, 6.07) is 18.9. The van der Waals surface area contributed by atoms with Crippen molar-refractivity contribution in [2.45, 2.75) is 19.3 Å². The van der Waals surface area contributed by atoms with Crippen molar-refractivity contribution in [3.63, 3.8) is 0 Å². The summed E-state index contributed by atoms with van der Waals surface area (Å²) >= 11 is 0. The van der Waals surface area contributed by atoms with Crippen molar-refractivity contribution in [2.75, 3.05) is 29.9 Å². The smallest absolute Gasteiger partial charge is 0.163 e. The van der Waals surface area contributed by atoms with Crippen LogP contribution in [0.25, 0.3) is 11.4 Å². The summed E-state index contributed by atoms with van der Waals surface area (Å²) < 4.78 is 13.8. The Morgan fingerprint density at radius 2 is 1.67 bits per heavy atom. The standard InChI is InChI=1S/C22H23FN4/c23-19-11-5-4-8-17(19)12-13-24-20-16-21(27-14-6-7-15-27)26-22(25-20)18-9-2-1-3-10-18/h1-5,8-11,16H,6-7,12-15H2,(H,24,25,26). The van der Waals surface area contributed by atoms with E-state index in [1.54, 1.807) is 6.07 Å². The third-order valence-corrected chi connectivity index (χ3v) is 4.83. The Labute approximate surface area is 159 Å². The monoisotopic (exact) mass is 362 g/mol. The first-order valence-corrected chi connectivity index (χ1v) is 9.46. The molecule has 0 aliphatic carbocycles. The van der Waals surface area contributed by atoms with Gasteiger partial charge in [-0.1, -0.05) is 48.5 Å². The Morgan fingerprint density at radius 3 is 2.44 bits per heavy atom. The molecule has 0 radical (unpaired) electrons. The fraction of sp³-hybridized carbons (Fsp3) is 0.273. The number of halogens is 1. The number of anilines is 2. The quantitative estimate of drug-likeness (QED) is 0.699. The summed E-state index contributed by atoms with van der Waals surface area (Å²) in [7, 11) is 0. The van der Waals surface area contributed by atoms with Crippen LogP contribution in [-0.4, -0.2) is 29.6 Å². The van der Waals surface area contributed by atoms with Crippen LogP contribution < -0.4 is 10.2 Å². The van der Waals surface area contributed by atoms with Crippen LogP contribution in [0.1, 0.15) is 18.4 Å². The predicted octanol–water partition coefficient (Wildman–Crippen LogP) is 4.54. The molecule has 0 unspecified atom stereocenters. The maximum atomic E-state index is 13.8. The predicted molar refractivity (Wildman–Crippen MR) is 108 cm³/mol. The Bertz CT molecular complexity index is 892. The van der Waals surface area contributed by atoms with Gasteiger partial charge in [0.15, 0.2) is 5.82 Å². The van der Waals surface area contributed by atoms with E-state index in [0.717, 1.165) is 30.3 Å². The second-order valence-electron chi connectivity index (χ2n) is 6.76. The van der Waals surface area contributed by atoms with Crippen LogP contribution in [0, 0.1) is 5.82 Å². The summed E-state index contributed by atoms with van der Waals surface area (Å²) in [4.78, 5) is 11.8. The van der Waals surface area contributed by atoms with E-state index in [2.05, 4.69) is 15.2 Å². The normalized spacial score (nSPS) is 13.7. The van der Waals surface area contributed by atoms with Gasteiger partial charge in [0.25, 0.3) is 0 Å². The fourth-order valence-electron chi connectivity index (χ4n) is 3.38. The molecule has 0 bridgehead atoms.